The zero-order valence-corrected chi connectivity index (χ0v) is 7.99. The second-order valence-electron chi connectivity index (χ2n) is 3.25. The van der Waals surface area contributed by atoms with Crippen LogP contribution in [-0.2, 0) is 12.6 Å². The molecule has 0 radical (unpaired) electrons. The highest BCUT2D eigenvalue weighted by molar-refractivity contribution is 5.44. The molecule has 0 unspecified atom stereocenters. The van der Waals surface area contributed by atoms with Crippen molar-refractivity contribution < 1.29 is 13.2 Å². The van der Waals surface area contributed by atoms with Crippen molar-refractivity contribution in [3.05, 3.63) is 35.8 Å². The fraction of sp³-hybridized carbons (Fsp3) is 0.200. The number of pyridine rings is 1. The molecule has 0 amide bonds. The molecule has 0 aromatic carbocycles. The number of aromatic nitrogens is 2. The minimum absolute atomic E-state index is 0.0863. The predicted molar refractivity (Wildman–Crippen MR) is 49.5 cm³/mol. The summed E-state index contributed by atoms with van der Waals surface area (Å²) < 4.78 is 38.6. The number of hydrogen-bond donors (Lipinski definition) is 0. The first-order valence-corrected chi connectivity index (χ1v) is 4.42. The highest BCUT2D eigenvalue weighted by atomic mass is 19.4. The largest absolute Gasteiger partial charge is 0.416 e. The van der Waals surface area contributed by atoms with Gasteiger partial charge in [0.15, 0.2) is 0 Å². The lowest BCUT2D eigenvalue weighted by Crippen LogP contribution is -2.05. The van der Waals surface area contributed by atoms with Crippen LogP contribution in [0, 0.1) is 11.3 Å². The average Bonchev–Trinajstić information content (AvgIpc) is 2.57. The molecule has 0 fully saturated rings. The van der Waals surface area contributed by atoms with Gasteiger partial charge >= 0.3 is 6.18 Å². The molecule has 3 nitrogen and oxygen atoms in total. The van der Waals surface area contributed by atoms with Gasteiger partial charge in [0.2, 0.25) is 0 Å². The van der Waals surface area contributed by atoms with Gasteiger partial charge in [-0.05, 0) is 12.1 Å². The van der Waals surface area contributed by atoms with Crippen LogP contribution in [-0.4, -0.2) is 9.38 Å². The fourth-order valence-corrected chi connectivity index (χ4v) is 1.38. The average molecular weight is 225 g/mol. The van der Waals surface area contributed by atoms with Crippen LogP contribution in [0.2, 0.25) is 0 Å². The first-order valence-electron chi connectivity index (χ1n) is 4.42. The molecule has 0 aliphatic heterocycles. The van der Waals surface area contributed by atoms with E-state index in [2.05, 4.69) is 4.98 Å². The second-order valence-corrected chi connectivity index (χ2v) is 3.25. The molecule has 2 heterocycles. The minimum atomic E-state index is -4.37. The standard InChI is InChI=1S/C10H6F3N3/c11-10(12,13)7-2-4-16-6-8(1-3-14)15-9(16)5-7/h2,4-6H,1H2. The zero-order chi connectivity index (χ0) is 11.8. The monoisotopic (exact) mass is 225 g/mol. The van der Waals surface area contributed by atoms with Gasteiger partial charge in [-0.1, -0.05) is 0 Å². The smallest absolute Gasteiger partial charge is 0.307 e. The van der Waals surface area contributed by atoms with Crippen LogP contribution < -0.4 is 0 Å². The van der Waals surface area contributed by atoms with Crippen LogP contribution in [0.15, 0.2) is 24.5 Å². The first kappa shape index (κ1) is 10.5. The van der Waals surface area contributed by atoms with Crippen LogP contribution in [0.25, 0.3) is 5.65 Å². The molecular formula is C10H6F3N3. The van der Waals surface area contributed by atoms with E-state index in [0.29, 0.717) is 5.69 Å². The van der Waals surface area contributed by atoms with Crippen molar-refractivity contribution >= 4 is 5.65 Å². The maximum Gasteiger partial charge on any atom is 0.416 e. The number of nitrogens with zero attached hydrogens (tertiary/aromatic N) is 3. The number of rotatable bonds is 1. The molecule has 0 aliphatic rings. The fourth-order valence-electron chi connectivity index (χ4n) is 1.38. The molecule has 0 saturated heterocycles. The first-order chi connectivity index (χ1) is 7.50. The molecule has 0 N–H and O–H groups in total. The summed E-state index contributed by atoms with van der Waals surface area (Å²) in [6.45, 7) is 0. The highest BCUT2D eigenvalue weighted by Crippen LogP contribution is 2.29. The molecule has 2 aromatic heterocycles. The lowest BCUT2D eigenvalue weighted by atomic mass is 10.2. The van der Waals surface area contributed by atoms with E-state index >= 15 is 0 Å². The van der Waals surface area contributed by atoms with Crippen LogP contribution >= 0.6 is 0 Å². The van der Waals surface area contributed by atoms with E-state index in [4.69, 9.17) is 5.26 Å². The molecule has 0 aliphatic carbocycles. The molecule has 0 saturated carbocycles. The molecule has 16 heavy (non-hydrogen) atoms. The van der Waals surface area contributed by atoms with Gasteiger partial charge in [0, 0.05) is 12.4 Å². The Morgan fingerprint density at radius 2 is 2.19 bits per heavy atom. The number of fused-ring (bicyclic) bond motifs is 1. The molecule has 6 heteroatoms. The summed E-state index contributed by atoms with van der Waals surface area (Å²) >= 11 is 0. The highest BCUT2D eigenvalue weighted by Gasteiger charge is 2.30. The van der Waals surface area contributed by atoms with Gasteiger partial charge in [0.05, 0.1) is 23.7 Å². The van der Waals surface area contributed by atoms with E-state index in [-0.39, 0.29) is 12.1 Å². The van der Waals surface area contributed by atoms with Crippen LogP contribution in [0.5, 0.6) is 0 Å². The molecule has 2 rings (SSSR count). The number of nitriles is 1. The molecular weight excluding hydrogens is 219 g/mol. The summed E-state index contributed by atoms with van der Waals surface area (Å²) in [5, 5.41) is 8.45. The third-order valence-electron chi connectivity index (χ3n) is 2.10. The second kappa shape index (κ2) is 3.52. The number of alkyl halides is 3. The predicted octanol–water partition coefficient (Wildman–Crippen LogP) is 2.42. The van der Waals surface area contributed by atoms with Crippen molar-refractivity contribution in [1.29, 1.82) is 5.26 Å². The van der Waals surface area contributed by atoms with Crippen LogP contribution in [0.3, 0.4) is 0 Å². The van der Waals surface area contributed by atoms with Gasteiger partial charge < -0.3 is 4.40 Å². The topological polar surface area (TPSA) is 41.1 Å². The van der Waals surface area contributed by atoms with E-state index in [1.54, 1.807) is 6.20 Å². The Bertz CT molecular complexity index is 563. The van der Waals surface area contributed by atoms with E-state index in [1.165, 1.54) is 10.6 Å². The Kier molecular flexibility index (Phi) is 2.31. The van der Waals surface area contributed by atoms with Crippen molar-refractivity contribution in [3.63, 3.8) is 0 Å². The normalized spacial score (nSPS) is 11.6. The summed E-state index contributed by atoms with van der Waals surface area (Å²) in [6.07, 6.45) is -1.46. The maximum absolute atomic E-state index is 12.4. The number of hydrogen-bond acceptors (Lipinski definition) is 2. The lowest BCUT2D eigenvalue weighted by molar-refractivity contribution is -0.137. The van der Waals surface area contributed by atoms with Gasteiger partial charge in [0.1, 0.15) is 5.65 Å². The Labute approximate surface area is 88.8 Å². The quantitative estimate of drug-likeness (QED) is 0.747. The molecule has 0 bridgehead atoms. The van der Waals surface area contributed by atoms with Gasteiger partial charge in [-0.25, -0.2) is 4.98 Å². The van der Waals surface area contributed by atoms with Crippen LogP contribution in [0.1, 0.15) is 11.3 Å². The molecule has 2 aromatic rings. The Hall–Kier alpha value is -2.03. The summed E-state index contributed by atoms with van der Waals surface area (Å²) in [5.41, 5.74) is -0.0870. The van der Waals surface area contributed by atoms with Gasteiger partial charge in [-0.2, -0.15) is 18.4 Å². The van der Waals surface area contributed by atoms with Gasteiger partial charge in [-0.15, -0.1) is 0 Å². The van der Waals surface area contributed by atoms with E-state index in [9.17, 15) is 13.2 Å². The summed E-state index contributed by atoms with van der Waals surface area (Å²) in [4.78, 5) is 3.92. The van der Waals surface area contributed by atoms with E-state index in [0.717, 1.165) is 12.1 Å². The zero-order valence-electron chi connectivity index (χ0n) is 7.99. The Balaban J connectivity index is 2.51. The third kappa shape index (κ3) is 1.84. The molecule has 0 atom stereocenters. The van der Waals surface area contributed by atoms with E-state index < -0.39 is 11.7 Å². The molecule has 82 valence electrons. The van der Waals surface area contributed by atoms with Gasteiger partial charge in [-0.3, -0.25) is 0 Å². The number of imidazole rings is 1. The van der Waals surface area contributed by atoms with Gasteiger partial charge in [0.25, 0.3) is 0 Å². The lowest BCUT2D eigenvalue weighted by Gasteiger charge is -2.05. The number of halogens is 3. The summed E-state index contributed by atoms with van der Waals surface area (Å²) in [5.74, 6) is 0. The van der Waals surface area contributed by atoms with Crippen molar-refractivity contribution in [2.45, 2.75) is 12.6 Å². The van der Waals surface area contributed by atoms with Crippen molar-refractivity contribution in [2.24, 2.45) is 0 Å². The maximum atomic E-state index is 12.4. The third-order valence-corrected chi connectivity index (χ3v) is 2.10. The SMILES string of the molecule is N#CCc1cn2ccc(C(F)(F)F)cc2n1. The minimum Gasteiger partial charge on any atom is -0.307 e. The van der Waals surface area contributed by atoms with E-state index in [1.807, 2.05) is 6.07 Å². The Morgan fingerprint density at radius 1 is 1.44 bits per heavy atom. The summed E-state index contributed by atoms with van der Waals surface area (Å²) in [7, 11) is 0. The van der Waals surface area contributed by atoms with Crippen LogP contribution in [0.4, 0.5) is 13.2 Å². The van der Waals surface area contributed by atoms with Crippen molar-refractivity contribution in [3.8, 4) is 6.07 Å². The van der Waals surface area contributed by atoms with Crippen molar-refractivity contribution in [1.82, 2.24) is 9.38 Å². The van der Waals surface area contributed by atoms with Crippen molar-refractivity contribution in [2.75, 3.05) is 0 Å². The molecule has 0 spiro atoms. The summed E-state index contributed by atoms with van der Waals surface area (Å²) in [6, 6.07) is 3.83. The Morgan fingerprint density at radius 3 is 2.81 bits per heavy atom.